The monoisotopic (exact) mass is 454 g/mol. The van der Waals surface area contributed by atoms with Gasteiger partial charge in [-0.2, -0.15) is 0 Å². The quantitative estimate of drug-likeness (QED) is 0.373. The highest BCUT2D eigenvalue weighted by Gasteiger charge is 2.20. The first-order valence-electron chi connectivity index (χ1n) is 9.11. The van der Waals surface area contributed by atoms with Crippen molar-refractivity contribution in [2.45, 2.75) is 24.8 Å². The molecule has 0 saturated carbocycles. The van der Waals surface area contributed by atoms with Crippen LogP contribution in [0.15, 0.2) is 52.4 Å². The number of aryl methyl sites for hydroxylation is 2. The van der Waals surface area contributed by atoms with Gasteiger partial charge in [0.1, 0.15) is 10.0 Å². The van der Waals surface area contributed by atoms with Crippen LogP contribution >= 0.6 is 34.9 Å². The van der Waals surface area contributed by atoms with E-state index in [1.165, 1.54) is 11.8 Å². The Kier molecular flexibility index (Phi) is 4.80. The first-order valence-corrected chi connectivity index (χ1v) is 11.2. The van der Waals surface area contributed by atoms with Crippen molar-refractivity contribution in [3.63, 3.8) is 0 Å². The zero-order valence-electron chi connectivity index (χ0n) is 16.0. The molecular weight excluding hydrogens is 440 g/mol. The van der Waals surface area contributed by atoms with Gasteiger partial charge in [-0.15, -0.1) is 15.3 Å². The Hall–Kier alpha value is -2.75. The van der Waals surface area contributed by atoms with Crippen LogP contribution in [0, 0.1) is 13.8 Å². The smallest absolute Gasteiger partial charge is 0.267 e. The second kappa shape index (κ2) is 7.50. The molecule has 0 saturated heterocycles. The van der Waals surface area contributed by atoms with E-state index in [9.17, 15) is 4.79 Å². The molecule has 0 radical (unpaired) electrons. The molecule has 0 aliphatic rings. The van der Waals surface area contributed by atoms with E-state index in [0.717, 1.165) is 33.9 Å². The van der Waals surface area contributed by atoms with Crippen LogP contribution in [0.25, 0.3) is 22.4 Å². The summed E-state index contributed by atoms with van der Waals surface area (Å²) in [6, 6.07) is 13.5. The summed E-state index contributed by atoms with van der Waals surface area (Å²) >= 11 is 8.76. The first kappa shape index (κ1) is 19.2. The number of para-hydroxylation sites is 2. The third kappa shape index (κ3) is 3.01. The summed E-state index contributed by atoms with van der Waals surface area (Å²) in [4.78, 5) is 13.5. The number of hydrogen-bond donors (Lipinski definition) is 0. The predicted octanol–water partition coefficient (Wildman–Crippen LogP) is 4.45. The molecule has 2 aromatic carbocycles. The molecule has 10 heteroatoms. The lowest BCUT2D eigenvalue weighted by Gasteiger charge is -2.15. The Morgan fingerprint density at radius 2 is 1.80 bits per heavy atom. The van der Waals surface area contributed by atoms with Crippen molar-refractivity contribution < 1.29 is 0 Å². The van der Waals surface area contributed by atoms with Gasteiger partial charge in [-0.1, -0.05) is 58.2 Å². The summed E-state index contributed by atoms with van der Waals surface area (Å²) in [7, 11) is 0. The molecule has 3 heterocycles. The summed E-state index contributed by atoms with van der Waals surface area (Å²) in [6.45, 7) is 3.98. The average Bonchev–Trinajstić information content (AvgIpc) is 3.34. The number of hydrogen-bond acceptors (Lipinski definition) is 7. The van der Waals surface area contributed by atoms with E-state index in [-0.39, 0.29) is 5.56 Å². The van der Waals surface area contributed by atoms with Crippen molar-refractivity contribution in [1.82, 2.24) is 28.8 Å². The molecule has 30 heavy (non-hydrogen) atoms. The van der Waals surface area contributed by atoms with Crippen molar-refractivity contribution in [1.29, 1.82) is 0 Å². The molecule has 0 bridgehead atoms. The molecule has 3 aromatic heterocycles. The zero-order valence-corrected chi connectivity index (χ0v) is 18.4. The van der Waals surface area contributed by atoms with Crippen LogP contribution in [0.2, 0.25) is 4.34 Å². The number of rotatable bonds is 4. The third-order valence-electron chi connectivity index (χ3n) is 4.91. The van der Waals surface area contributed by atoms with Gasteiger partial charge in [0.25, 0.3) is 5.56 Å². The molecule has 5 aromatic rings. The maximum Gasteiger partial charge on any atom is 0.267 e. The second-order valence-corrected chi connectivity index (χ2v) is 9.10. The Labute approximate surface area is 184 Å². The van der Waals surface area contributed by atoms with Crippen molar-refractivity contribution in [3.8, 4) is 5.69 Å². The van der Waals surface area contributed by atoms with Crippen LogP contribution in [0.5, 0.6) is 0 Å². The van der Waals surface area contributed by atoms with Gasteiger partial charge < -0.3 is 0 Å². The number of aromatic nitrogens is 6. The van der Waals surface area contributed by atoms with Crippen LogP contribution in [0.1, 0.15) is 16.8 Å². The molecule has 0 unspecified atom stereocenters. The minimum absolute atomic E-state index is 0.119. The Balaban J connectivity index is 1.79. The van der Waals surface area contributed by atoms with E-state index in [4.69, 9.17) is 11.6 Å². The number of thioether (sulfide) groups is 1. The lowest BCUT2D eigenvalue weighted by Crippen LogP contribution is -2.23. The van der Waals surface area contributed by atoms with Crippen molar-refractivity contribution in [3.05, 3.63) is 74.0 Å². The Morgan fingerprint density at radius 3 is 2.53 bits per heavy atom. The van der Waals surface area contributed by atoms with Crippen molar-refractivity contribution >= 4 is 51.6 Å². The molecule has 0 amide bonds. The predicted molar refractivity (Wildman–Crippen MR) is 120 cm³/mol. The van der Waals surface area contributed by atoms with E-state index < -0.39 is 0 Å². The maximum absolute atomic E-state index is 13.5. The van der Waals surface area contributed by atoms with E-state index >= 15 is 0 Å². The van der Waals surface area contributed by atoms with Gasteiger partial charge in [-0.25, -0.2) is 4.57 Å². The lowest BCUT2D eigenvalue weighted by atomic mass is 10.1. The molecule has 0 N–H and O–H groups in total. The molecule has 150 valence electrons. The van der Waals surface area contributed by atoms with Crippen molar-refractivity contribution in [2.24, 2.45) is 0 Å². The van der Waals surface area contributed by atoms with Crippen LogP contribution in [-0.4, -0.2) is 28.8 Å². The molecular formula is C20H15ClN6OS2. The maximum atomic E-state index is 13.5. The van der Waals surface area contributed by atoms with E-state index in [1.54, 1.807) is 4.57 Å². The number of nitrogens with zero attached hydrogens (tertiary/aromatic N) is 6. The van der Waals surface area contributed by atoms with Crippen molar-refractivity contribution in [2.75, 3.05) is 0 Å². The van der Waals surface area contributed by atoms with Gasteiger partial charge in [0.05, 0.1) is 16.6 Å². The number of fused-ring (bicyclic) bond motifs is 3. The fourth-order valence-corrected chi connectivity index (χ4v) is 5.22. The van der Waals surface area contributed by atoms with Crippen LogP contribution in [0.4, 0.5) is 0 Å². The van der Waals surface area contributed by atoms with Gasteiger partial charge >= 0.3 is 0 Å². The highest BCUT2D eigenvalue weighted by molar-refractivity contribution is 7.98. The normalized spacial score (nSPS) is 11.6. The van der Waals surface area contributed by atoms with Gasteiger partial charge in [0, 0.05) is 17.3 Å². The summed E-state index contributed by atoms with van der Waals surface area (Å²) in [6.07, 6.45) is 0. The molecule has 0 fully saturated rings. The largest absolute Gasteiger partial charge is 0.268 e. The topological polar surface area (TPSA) is 78.0 Å². The standard InChI is InChI=1S/C20H15ClN6OS2/c1-11-6-5-7-12(2)16(11)27-18(28)13-8-3-4-9-15(13)26-19(27)23-24-20(26)29-10-14-17(21)30-25-22-14/h3-9H,10H2,1-2H3. The van der Waals surface area contributed by atoms with Crippen LogP contribution in [0.3, 0.4) is 0 Å². The number of halogens is 1. The minimum Gasteiger partial charge on any atom is -0.268 e. The van der Waals surface area contributed by atoms with E-state index in [2.05, 4.69) is 19.8 Å². The molecule has 0 aliphatic heterocycles. The lowest BCUT2D eigenvalue weighted by molar-refractivity contribution is 0.923. The fraction of sp³-hybridized carbons (Fsp3) is 0.150. The molecule has 0 aliphatic carbocycles. The third-order valence-corrected chi connectivity index (χ3v) is 6.83. The summed E-state index contributed by atoms with van der Waals surface area (Å²) in [5.74, 6) is 0.980. The fourth-order valence-electron chi connectivity index (χ4n) is 3.55. The Bertz CT molecular complexity index is 1450. The van der Waals surface area contributed by atoms with Crippen LogP contribution in [-0.2, 0) is 5.75 Å². The summed E-state index contributed by atoms with van der Waals surface area (Å²) in [5.41, 5.74) is 4.16. The SMILES string of the molecule is Cc1cccc(C)c1-n1c(=O)c2ccccc2n2c(SCc3nnsc3Cl)nnc12. The van der Waals surface area contributed by atoms with Gasteiger partial charge in [-0.3, -0.25) is 9.20 Å². The molecule has 7 nitrogen and oxygen atoms in total. The number of benzene rings is 2. The molecule has 0 atom stereocenters. The first-order chi connectivity index (χ1) is 14.6. The molecule has 5 rings (SSSR count). The highest BCUT2D eigenvalue weighted by atomic mass is 35.5. The van der Waals surface area contributed by atoms with Gasteiger partial charge in [-0.05, 0) is 37.1 Å². The average molecular weight is 455 g/mol. The summed E-state index contributed by atoms with van der Waals surface area (Å²) in [5, 5.41) is 14.1. The summed E-state index contributed by atoms with van der Waals surface area (Å²) < 4.78 is 8.01. The minimum atomic E-state index is -0.119. The van der Waals surface area contributed by atoms with Crippen LogP contribution < -0.4 is 5.56 Å². The zero-order chi connectivity index (χ0) is 20.8. The van der Waals surface area contributed by atoms with Gasteiger partial charge in [0.15, 0.2) is 5.16 Å². The van der Waals surface area contributed by atoms with Gasteiger partial charge in [0.2, 0.25) is 5.78 Å². The van der Waals surface area contributed by atoms with E-state index in [1.807, 2.05) is 60.7 Å². The molecule has 0 spiro atoms. The van der Waals surface area contributed by atoms with E-state index in [0.29, 0.717) is 32.1 Å². The Morgan fingerprint density at radius 1 is 1.03 bits per heavy atom. The highest BCUT2D eigenvalue weighted by Crippen LogP contribution is 2.29. The second-order valence-electron chi connectivity index (χ2n) is 6.80.